The van der Waals surface area contributed by atoms with Crippen LogP contribution in [0.15, 0.2) is 18.2 Å². The molecule has 0 aliphatic carbocycles. The highest BCUT2D eigenvalue weighted by Crippen LogP contribution is 2.24. The van der Waals surface area contributed by atoms with Gasteiger partial charge in [0.15, 0.2) is 0 Å². The van der Waals surface area contributed by atoms with Crippen molar-refractivity contribution in [2.75, 3.05) is 5.75 Å². The van der Waals surface area contributed by atoms with Crippen LogP contribution in [0.2, 0.25) is 10.0 Å². The summed E-state index contributed by atoms with van der Waals surface area (Å²) in [5, 5.41) is 12.0. The highest BCUT2D eigenvalue weighted by atomic mass is 35.5. The first-order valence-electron chi connectivity index (χ1n) is 4.98. The Morgan fingerprint density at radius 1 is 1.44 bits per heavy atom. The lowest BCUT2D eigenvalue weighted by Gasteiger charge is -2.10. The van der Waals surface area contributed by atoms with E-state index in [-0.39, 0.29) is 5.75 Å². The van der Waals surface area contributed by atoms with Crippen LogP contribution in [-0.2, 0) is 15.3 Å². The smallest absolute Gasteiger partial charge is 0.327 e. The van der Waals surface area contributed by atoms with Crippen LogP contribution in [0, 0.1) is 0 Å². The number of carbonyl (C=O) groups excluding carboxylic acids is 1. The van der Waals surface area contributed by atoms with Gasteiger partial charge in [-0.2, -0.15) is 11.8 Å². The molecule has 2 N–H and O–H groups in total. The maximum atomic E-state index is 10.8. The summed E-state index contributed by atoms with van der Waals surface area (Å²) >= 11 is 13.0. The number of amides is 1. The molecule has 1 unspecified atom stereocenters. The number of carboxylic acid groups (broad SMARTS) is 1. The van der Waals surface area contributed by atoms with Gasteiger partial charge in [0.1, 0.15) is 6.04 Å². The molecule has 1 amide bonds. The van der Waals surface area contributed by atoms with Crippen LogP contribution in [0.4, 0.5) is 0 Å². The van der Waals surface area contributed by atoms with Gasteiger partial charge in [-0.3, -0.25) is 4.79 Å². The van der Waals surface area contributed by atoms with Crippen molar-refractivity contribution in [3.63, 3.8) is 0 Å². The number of rotatable bonds is 7. The Morgan fingerprint density at radius 2 is 2.17 bits per heavy atom. The standard InChI is InChI=1S/C11H11Cl2NO3S/c12-8-2-1-7(3-9(8)13)4-18-5-10(11(16)17)14-6-15/h1-3,6,10H,4-5H2,(H,14,15)(H,16,17). The highest BCUT2D eigenvalue weighted by molar-refractivity contribution is 7.98. The number of aliphatic carboxylic acids is 1. The van der Waals surface area contributed by atoms with Crippen molar-refractivity contribution in [1.82, 2.24) is 5.32 Å². The number of nitrogens with one attached hydrogen (secondary N) is 1. The third kappa shape index (κ3) is 4.76. The number of carbonyl (C=O) groups is 2. The number of hydrogen-bond donors (Lipinski definition) is 2. The van der Waals surface area contributed by atoms with Crippen LogP contribution in [0.3, 0.4) is 0 Å². The van der Waals surface area contributed by atoms with Gasteiger partial charge in [0.2, 0.25) is 6.41 Å². The van der Waals surface area contributed by atoms with Crippen molar-refractivity contribution in [3.05, 3.63) is 33.8 Å². The minimum Gasteiger partial charge on any atom is -0.480 e. The van der Waals surface area contributed by atoms with Gasteiger partial charge in [-0.05, 0) is 17.7 Å². The number of benzene rings is 1. The van der Waals surface area contributed by atoms with E-state index in [0.29, 0.717) is 22.2 Å². The fourth-order valence-electron chi connectivity index (χ4n) is 1.20. The molecule has 0 saturated carbocycles. The van der Waals surface area contributed by atoms with Gasteiger partial charge in [-0.25, -0.2) is 4.79 Å². The van der Waals surface area contributed by atoms with Crippen LogP contribution >= 0.6 is 35.0 Å². The molecular weight excluding hydrogens is 297 g/mol. The molecule has 1 atom stereocenters. The van der Waals surface area contributed by atoms with Gasteiger partial charge in [0.25, 0.3) is 0 Å². The third-order valence-corrected chi connectivity index (χ3v) is 3.95. The molecule has 0 aliphatic rings. The molecule has 0 heterocycles. The first-order valence-corrected chi connectivity index (χ1v) is 6.90. The van der Waals surface area contributed by atoms with Gasteiger partial charge < -0.3 is 10.4 Å². The Kier molecular flexibility index (Phi) is 6.32. The minimum atomic E-state index is -1.05. The molecular formula is C11H11Cl2NO3S. The zero-order valence-electron chi connectivity index (χ0n) is 9.23. The Bertz CT molecular complexity index is 442. The van der Waals surface area contributed by atoms with Crippen LogP contribution in [0.25, 0.3) is 0 Å². The number of halogens is 2. The average Bonchev–Trinajstić information content (AvgIpc) is 2.32. The van der Waals surface area contributed by atoms with E-state index in [1.807, 2.05) is 6.07 Å². The highest BCUT2D eigenvalue weighted by Gasteiger charge is 2.15. The van der Waals surface area contributed by atoms with Crippen LogP contribution in [0.5, 0.6) is 0 Å². The quantitative estimate of drug-likeness (QED) is 0.759. The van der Waals surface area contributed by atoms with Gasteiger partial charge >= 0.3 is 5.97 Å². The molecule has 0 aromatic heterocycles. The summed E-state index contributed by atoms with van der Waals surface area (Å²) in [6, 6.07) is 4.37. The molecule has 7 heteroatoms. The van der Waals surface area contributed by atoms with Gasteiger partial charge in [-0.15, -0.1) is 0 Å². The average molecular weight is 308 g/mol. The van der Waals surface area contributed by atoms with E-state index in [4.69, 9.17) is 28.3 Å². The Hall–Kier alpha value is -0.910. The lowest BCUT2D eigenvalue weighted by Crippen LogP contribution is -2.37. The minimum absolute atomic E-state index is 0.286. The van der Waals surface area contributed by atoms with E-state index in [1.165, 1.54) is 11.8 Å². The zero-order valence-corrected chi connectivity index (χ0v) is 11.6. The van der Waals surface area contributed by atoms with E-state index in [2.05, 4.69) is 5.32 Å². The molecule has 1 rings (SSSR count). The number of thioether (sulfide) groups is 1. The summed E-state index contributed by atoms with van der Waals surface area (Å²) in [6.07, 6.45) is 0.387. The summed E-state index contributed by atoms with van der Waals surface area (Å²) in [5.41, 5.74) is 0.949. The van der Waals surface area contributed by atoms with Crippen molar-refractivity contribution >= 4 is 47.3 Å². The number of hydrogen-bond acceptors (Lipinski definition) is 3. The zero-order chi connectivity index (χ0) is 13.5. The summed E-state index contributed by atoms with van der Waals surface area (Å²) in [7, 11) is 0. The SMILES string of the molecule is O=CNC(CSCc1ccc(Cl)c(Cl)c1)C(=O)O. The Balaban J connectivity index is 2.47. The largest absolute Gasteiger partial charge is 0.480 e. The molecule has 4 nitrogen and oxygen atoms in total. The molecule has 0 spiro atoms. The monoisotopic (exact) mass is 307 g/mol. The first-order chi connectivity index (χ1) is 8.54. The summed E-state index contributed by atoms with van der Waals surface area (Å²) < 4.78 is 0. The Labute approximate surface area is 119 Å². The van der Waals surface area contributed by atoms with Crippen LogP contribution < -0.4 is 5.32 Å². The van der Waals surface area contributed by atoms with Gasteiger partial charge in [0.05, 0.1) is 10.0 Å². The van der Waals surface area contributed by atoms with Crippen molar-refractivity contribution in [1.29, 1.82) is 0 Å². The molecule has 98 valence electrons. The topological polar surface area (TPSA) is 66.4 Å². The molecule has 1 aromatic rings. The van der Waals surface area contributed by atoms with E-state index in [0.717, 1.165) is 5.56 Å². The molecule has 0 fully saturated rings. The van der Waals surface area contributed by atoms with Gasteiger partial charge in [0, 0.05) is 11.5 Å². The summed E-state index contributed by atoms with van der Waals surface area (Å²) in [5.74, 6) is -0.168. The summed E-state index contributed by atoms with van der Waals surface area (Å²) in [6.45, 7) is 0. The van der Waals surface area contributed by atoms with E-state index < -0.39 is 12.0 Å². The summed E-state index contributed by atoms with van der Waals surface area (Å²) in [4.78, 5) is 21.0. The first kappa shape index (κ1) is 15.1. The molecule has 0 radical (unpaired) electrons. The second kappa shape index (κ2) is 7.51. The maximum Gasteiger partial charge on any atom is 0.327 e. The predicted octanol–water partition coefficient (Wildman–Crippen LogP) is 2.43. The van der Waals surface area contributed by atoms with Crippen molar-refractivity contribution in [2.45, 2.75) is 11.8 Å². The fourth-order valence-corrected chi connectivity index (χ4v) is 2.53. The molecule has 18 heavy (non-hydrogen) atoms. The third-order valence-electron chi connectivity index (χ3n) is 2.10. The second-order valence-electron chi connectivity index (χ2n) is 3.44. The van der Waals surface area contributed by atoms with Crippen molar-refractivity contribution in [2.24, 2.45) is 0 Å². The molecule has 0 saturated heterocycles. The second-order valence-corrected chi connectivity index (χ2v) is 5.28. The van der Waals surface area contributed by atoms with Crippen molar-refractivity contribution in [3.8, 4) is 0 Å². The molecule has 1 aromatic carbocycles. The van der Waals surface area contributed by atoms with E-state index in [9.17, 15) is 9.59 Å². The maximum absolute atomic E-state index is 10.8. The predicted molar refractivity (Wildman–Crippen MR) is 73.2 cm³/mol. The molecule has 0 bridgehead atoms. The Morgan fingerprint density at radius 3 is 2.72 bits per heavy atom. The van der Waals surface area contributed by atoms with E-state index in [1.54, 1.807) is 12.1 Å². The lowest BCUT2D eigenvalue weighted by molar-refractivity contribution is -0.139. The lowest BCUT2D eigenvalue weighted by atomic mass is 10.2. The van der Waals surface area contributed by atoms with Crippen LogP contribution in [-0.4, -0.2) is 29.3 Å². The fraction of sp³-hybridized carbons (Fsp3) is 0.273. The van der Waals surface area contributed by atoms with Gasteiger partial charge in [-0.1, -0.05) is 29.3 Å². The van der Waals surface area contributed by atoms with Crippen LogP contribution in [0.1, 0.15) is 5.56 Å². The normalized spacial score (nSPS) is 11.9. The van der Waals surface area contributed by atoms with E-state index >= 15 is 0 Å². The molecule has 0 aliphatic heterocycles. The van der Waals surface area contributed by atoms with Crippen molar-refractivity contribution < 1.29 is 14.7 Å². The number of carboxylic acids is 1.